The van der Waals surface area contributed by atoms with Crippen LogP contribution in [-0.4, -0.2) is 0 Å². The molecule has 0 N–H and O–H groups in total. The SMILES string of the molecule is CC1(C)c2ccccc2-c2c(N(c3ccccc3-c3ccccc3)c3cccc4c3oc3c(-c5ccccc5)cc5ccccc5c34)cccc21. The third-order valence-corrected chi connectivity index (χ3v) is 10.9. The first-order valence-electron chi connectivity index (χ1n) is 17.7. The molecule has 0 spiro atoms. The number of fused-ring (bicyclic) bond motifs is 8. The lowest BCUT2D eigenvalue weighted by Crippen LogP contribution is -2.16. The molecule has 1 aliphatic carbocycles. The van der Waals surface area contributed by atoms with Crippen LogP contribution in [0, 0.1) is 0 Å². The molecular formula is C49H35NO. The van der Waals surface area contributed by atoms with Gasteiger partial charge in [-0.05, 0) is 62.9 Å². The molecule has 0 fully saturated rings. The average Bonchev–Trinajstić information content (AvgIpc) is 3.70. The summed E-state index contributed by atoms with van der Waals surface area (Å²) in [4.78, 5) is 2.45. The summed E-state index contributed by atoms with van der Waals surface area (Å²) in [6.45, 7) is 4.69. The van der Waals surface area contributed by atoms with E-state index in [4.69, 9.17) is 4.42 Å². The summed E-state index contributed by atoms with van der Waals surface area (Å²) in [5, 5.41) is 4.63. The van der Waals surface area contributed by atoms with E-state index >= 15 is 0 Å². The van der Waals surface area contributed by atoms with Crippen molar-refractivity contribution in [2.24, 2.45) is 0 Å². The Kier molecular flexibility index (Phi) is 6.56. The predicted octanol–water partition coefficient (Wildman–Crippen LogP) is 13.8. The van der Waals surface area contributed by atoms with E-state index in [2.05, 4.69) is 195 Å². The number of hydrogen-bond donors (Lipinski definition) is 0. The van der Waals surface area contributed by atoms with E-state index in [1.165, 1.54) is 38.6 Å². The lowest BCUT2D eigenvalue weighted by Gasteiger charge is -2.30. The molecule has 9 aromatic rings. The van der Waals surface area contributed by atoms with Gasteiger partial charge in [-0.25, -0.2) is 0 Å². The lowest BCUT2D eigenvalue weighted by molar-refractivity contribution is 0.660. The van der Waals surface area contributed by atoms with Crippen LogP contribution in [0.1, 0.15) is 25.0 Å². The fourth-order valence-electron chi connectivity index (χ4n) is 8.48. The number of furan rings is 1. The van der Waals surface area contributed by atoms with Gasteiger partial charge in [-0.2, -0.15) is 0 Å². The molecule has 0 atom stereocenters. The summed E-state index contributed by atoms with van der Waals surface area (Å²) >= 11 is 0. The van der Waals surface area contributed by atoms with Gasteiger partial charge in [-0.3, -0.25) is 0 Å². The van der Waals surface area contributed by atoms with Gasteiger partial charge in [0.1, 0.15) is 5.58 Å². The maximum absolute atomic E-state index is 7.23. The number of para-hydroxylation sites is 2. The fraction of sp³-hybridized carbons (Fsp3) is 0.0612. The Hall–Kier alpha value is -6.38. The van der Waals surface area contributed by atoms with Crippen molar-refractivity contribution >= 4 is 49.8 Å². The molecule has 0 saturated carbocycles. The van der Waals surface area contributed by atoms with Crippen molar-refractivity contribution in [2.45, 2.75) is 19.3 Å². The maximum Gasteiger partial charge on any atom is 0.159 e. The normalized spacial score (nSPS) is 13.1. The van der Waals surface area contributed by atoms with Crippen LogP contribution in [0.4, 0.5) is 17.1 Å². The molecule has 51 heavy (non-hydrogen) atoms. The second kappa shape index (κ2) is 11.3. The Balaban J connectivity index is 1.34. The first kappa shape index (κ1) is 29.5. The predicted molar refractivity (Wildman–Crippen MR) is 214 cm³/mol. The Morgan fingerprint density at radius 2 is 1.00 bits per heavy atom. The molecule has 8 aromatic carbocycles. The van der Waals surface area contributed by atoms with Gasteiger partial charge in [0.2, 0.25) is 0 Å². The molecule has 0 radical (unpaired) electrons. The van der Waals surface area contributed by atoms with Crippen molar-refractivity contribution in [3.63, 3.8) is 0 Å². The smallest absolute Gasteiger partial charge is 0.159 e. The number of nitrogens with zero attached hydrogens (tertiary/aromatic N) is 1. The molecule has 1 aliphatic rings. The van der Waals surface area contributed by atoms with Crippen LogP contribution < -0.4 is 4.90 Å². The van der Waals surface area contributed by atoms with Crippen molar-refractivity contribution < 1.29 is 4.42 Å². The van der Waals surface area contributed by atoms with Gasteiger partial charge in [-0.1, -0.05) is 166 Å². The molecule has 0 unspecified atom stereocenters. The monoisotopic (exact) mass is 653 g/mol. The summed E-state index contributed by atoms with van der Waals surface area (Å²) in [6.07, 6.45) is 0. The highest BCUT2D eigenvalue weighted by atomic mass is 16.3. The van der Waals surface area contributed by atoms with E-state index in [0.29, 0.717) is 0 Å². The molecule has 0 aliphatic heterocycles. The number of rotatable bonds is 5. The zero-order chi connectivity index (χ0) is 34.1. The van der Waals surface area contributed by atoms with Crippen LogP contribution in [0.25, 0.3) is 66.1 Å². The van der Waals surface area contributed by atoms with Crippen LogP contribution in [0.5, 0.6) is 0 Å². The van der Waals surface area contributed by atoms with E-state index in [-0.39, 0.29) is 5.41 Å². The fourth-order valence-corrected chi connectivity index (χ4v) is 8.48. The third-order valence-electron chi connectivity index (χ3n) is 10.9. The van der Waals surface area contributed by atoms with Crippen LogP contribution in [0.2, 0.25) is 0 Å². The minimum Gasteiger partial charge on any atom is -0.453 e. The highest BCUT2D eigenvalue weighted by molar-refractivity contribution is 6.24. The van der Waals surface area contributed by atoms with Crippen LogP contribution in [0.3, 0.4) is 0 Å². The van der Waals surface area contributed by atoms with Crippen molar-refractivity contribution in [3.8, 4) is 33.4 Å². The molecule has 2 heteroatoms. The summed E-state index contributed by atoms with van der Waals surface area (Å²) in [6, 6.07) is 63.4. The van der Waals surface area contributed by atoms with Gasteiger partial charge < -0.3 is 9.32 Å². The van der Waals surface area contributed by atoms with E-state index in [0.717, 1.165) is 55.7 Å². The lowest BCUT2D eigenvalue weighted by atomic mass is 9.82. The summed E-state index contributed by atoms with van der Waals surface area (Å²) in [5.41, 5.74) is 14.7. The molecule has 10 rings (SSSR count). The molecule has 1 aromatic heterocycles. The number of anilines is 3. The standard InChI is InChI=1S/C49H35NO/c1-49(2)40-26-13-11-24-37(40)46-41(49)27-16-29-43(46)50(42-28-14-12-22-35(42)32-17-5-3-6-18-32)44-30-15-25-38-45-36-23-10-9-21-34(36)31-39(48(45)51-47(38)44)33-19-7-4-8-20-33/h3-31H,1-2H3. The van der Waals surface area contributed by atoms with Gasteiger partial charge in [0.05, 0.1) is 17.1 Å². The minimum atomic E-state index is -0.137. The van der Waals surface area contributed by atoms with Crippen molar-refractivity contribution in [1.82, 2.24) is 0 Å². The Morgan fingerprint density at radius 1 is 0.431 bits per heavy atom. The summed E-state index contributed by atoms with van der Waals surface area (Å²) in [7, 11) is 0. The van der Waals surface area contributed by atoms with Gasteiger partial charge in [0, 0.05) is 32.9 Å². The van der Waals surface area contributed by atoms with Gasteiger partial charge in [-0.15, -0.1) is 0 Å². The van der Waals surface area contributed by atoms with Crippen molar-refractivity contribution in [3.05, 3.63) is 187 Å². The first-order chi connectivity index (χ1) is 25.1. The zero-order valence-electron chi connectivity index (χ0n) is 28.6. The molecule has 0 bridgehead atoms. The van der Waals surface area contributed by atoms with Gasteiger partial charge >= 0.3 is 0 Å². The van der Waals surface area contributed by atoms with Gasteiger partial charge in [0.15, 0.2) is 5.58 Å². The van der Waals surface area contributed by atoms with Crippen LogP contribution in [-0.2, 0) is 5.41 Å². The van der Waals surface area contributed by atoms with Gasteiger partial charge in [0.25, 0.3) is 0 Å². The van der Waals surface area contributed by atoms with Crippen molar-refractivity contribution in [1.29, 1.82) is 0 Å². The van der Waals surface area contributed by atoms with Crippen LogP contribution in [0.15, 0.2) is 180 Å². The molecule has 2 nitrogen and oxygen atoms in total. The summed E-state index contributed by atoms with van der Waals surface area (Å²) < 4.78 is 7.23. The third kappa shape index (κ3) is 4.43. The first-order valence-corrected chi connectivity index (χ1v) is 17.7. The topological polar surface area (TPSA) is 16.4 Å². The second-order valence-electron chi connectivity index (χ2n) is 14.1. The highest BCUT2D eigenvalue weighted by Crippen LogP contribution is 2.56. The largest absolute Gasteiger partial charge is 0.453 e. The minimum absolute atomic E-state index is 0.137. The zero-order valence-corrected chi connectivity index (χ0v) is 28.6. The highest BCUT2D eigenvalue weighted by Gasteiger charge is 2.38. The average molecular weight is 654 g/mol. The summed E-state index contributed by atoms with van der Waals surface area (Å²) in [5.74, 6) is 0. The van der Waals surface area contributed by atoms with E-state index in [1.54, 1.807) is 0 Å². The molecule has 1 heterocycles. The maximum atomic E-state index is 7.23. The molecule has 0 saturated heterocycles. The van der Waals surface area contributed by atoms with E-state index < -0.39 is 0 Å². The Labute approximate surface area is 297 Å². The molecule has 242 valence electrons. The Morgan fingerprint density at radius 3 is 1.80 bits per heavy atom. The number of benzene rings is 8. The van der Waals surface area contributed by atoms with Crippen molar-refractivity contribution in [2.75, 3.05) is 4.90 Å². The van der Waals surface area contributed by atoms with E-state index in [1.807, 2.05) is 0 Å². The quantitative estimate of drug-likeness (QED) is 0.184. The van der Waals surface area contributed by atoms with Crippen LogP contribution >= 0.6 is 0 Å². The van der Waals surface area contributed by atoms with E-state index in [9.17, 15) is 0 Å². The molecular weight excluding hydrogens is 619 g/mol. The molecule has 0 amide bonds. The Bertz CT molecular complexity index is 2770. The second-order valence-corrected chi connectivity index (χ2v) is 14.1. The number of hydrogen-bond acceptors (Lipinski definition) is 2.